The van der Waals surface area contributed by atoms with Gasteiger partial charge in [0, 0.05) is 16.7 Å². The molecule has 1 aromatic carbocycles. The highest BCUT2D eigenvalue weighted by atomic mass is 79.9. The number of alkyl halides is 3. The summed E-state index contributed by atoms with van der Waals surface area (Å²) in [5.41, 5.74) is 7.48. The number of nitrogens with two attached hydrogens (primary N) is 1. The Morgan fingerprint density at radius 1 is 1.26 bits per heavy atom. The van der Waals surface area contributed by atoms with Crippen LogP contribution in [0, 0.1) is 5.92 Å². The van der Waals surface area contributed by atoms with E-state index in [4.69, 9.17) is 5.73 Å². The Hall–Kier alpha value is -0.750. The van der Waals surface area contributed by atoms with E-state index in [1.807, 2.05) is 23.1 Å². The van der Waals surface area contributed by atoms with Crippen LogP contribution < -0.4 is 5.73 Å². The first kappa shape index (κ1) is 14.7. The molecular weight excluding hydrogens is 321 g/mol. The second-order valence-corrected chi connectivity index (χ2v) is 5.80. The number of rotatable bonds is 2. The molecule has 6 heteroatoms. The molecule has 0 spiro atoms. The lowest BCUT2D eigenvalue weighted by molar-refractivity contribution is -0.185. The quantitative estimate of drug-likeness (QED) is 0.832. The van der Waals surface area contributed by atoms with Gasteiger partial charge in [0.1, 0.15) is 0 Å². The molecule has 2 N–H and O–H groups in total. The van der Waals surface area contributed by atoms with Gasteiger partial charge in [-0.1, -0.05) is 6.07 Å². The number of halogens is 4. The van der Waals surface area contributed by atoms with Crippen LogP contribution in [0.5, 0.6) is 0 Å². The summed E-state index contributed by atoms with van der Waals surface area (Å²) in [5.74, 6) is -1.14. The van der Waals surface area contributed by atoms with Crippen molar-refractivity contribution in [3.63, 3.8) is 0 Å². The van der Waals surface area contributed by atoms with Gasteiger partial charge in [0.05, 0.1) is 5.92 Å². The maximum atomic E-state index is 12.6. The number of anilines is 1. The van der Waals surface area contributed by atoms with Crippen molar-refractivity contribution in [2.24, 2.45) is 5.92 Å². The number of nitrogens with zero attached hydrogens (tertiary/aromatic N) is 1. The second kappa shape index (κ2) is 5.71. The smallest absolute Gasteiger partial charge is 0.391 e. The maximum Gasteiger partial charge on any atom is 0.391 e. The predicted molar refractivity (Wildman–Crippen MR) is 72.6 cm³/mol. The molecule has 2 rings (SSSR count). The van der Waals surface area contributed by atoms with Gasteiger partial charge in [-0.25, -0.2) is 0 Å². The molecule has 1 aliphatic heterocycles. The van der Waals surface area contributed by atoms with Crippen LogP contribution in [0.25, 0.3) is 0 Å². The zero-order chi connectivity index (χ0) is 14.0. The van der Waals surface area contributed by atoms with Crippen molar-refractivity contribution in [1.82, 2.24) is 4.90 Å². The summed E-state index contributed by atoms with van der Waals surface area (Å²) in [7, 11) is 0. The Bertz CT molecular complexity index is 440. The Balaban J connectivity index is 1.90. The minimum Gasteiger partial charge on any atom is -0.398 e. The maximum absolute atomic E-state index is 12.6. The highest BCUT2D eigenvalue weighted by Crippen LogP contribution is 2.34. The predicted octanol–water partition coefficient (Wildman–Crippen LogP) is 3.81. The third-order valence-electron chi connectivity index (χ3n) is 3.52. The van der Waals surface area contributed by atoms with E-state index in [1.54, 1.807) is 0 Å². The topological polar surface area (TPSA) is 29.3 Å². The Labute approximate surface area is 118 Å². The second-order valence-electron chi connectivity index (χ2n) is 4.95. The number of nitrogen functional groups attached to an aromatic ring is 1. The molecular formula is C13H16BrF3N2. The van der Waals surface area contributed by atoms with Crippen molar-refractivity contribution >= 4 is 21.6 Å². The summed E-state index contributed by atoms with van der Waals surface area (Å²) in [6, 6.07) is 5.67. The molecule has 1 aromatic rings. The SMILES string of the molecule is Nc1cc(CN2CCC(C(F)(F)F)CC2)ccc1Br. The van der Waals surface area contributed by atoms with Crippen molar-refractivity contribution in [1.29, 1.82) is 0 Å². The van der Waals surface area contributed by atoms with Crippen molar-refractivity contribution in [3.8, 4) is 0 Å². The van der Waals surface area contributed by atoms with Crippen LogP contribution in [0.2, 0.25) is 0 Å². The van der Waals surface area contributed by atoms with E-state index in [0.717, 1.165) is 10.0 Å². The van der Waals surface area contributed by atoms with E-state index < -0.39 is 12.1 Å². The average molecular weight is 337 g/mol. The number of hydrogen-bond donors (Lipinski definition) is 1. The van der Waals surface area contributed by atoms with Crippen LogP contribution in [0.1, 0.15) is 18.4 Å². The molecule has 1 aliphatic rings. The first-order chi connectivity index (χ1) is 8.86. The van der Waals surface area contributed by atoms with Gasteiger partial charge in [-0.15, -0.1) is 0 Å². The molecule has 106 valence electrons. The van der Waals surface area contributed by atoms with Gasteiger partial charge in [-0.2, -0.15) is 13.2 Å². The van der Waals surface area contributed by atoms with Crippen LogP contribution >= 0.6 is 15.9 Å². The van der Waals surface area contributed by atoms with Gasteiger partial charge in [0.25, 0.3) is 0 Å². The Morgan fingerprint density at radius 2 is 1.89 bits per heavy atom. The minimum atomic E-state index is -4.05. The number of piperidine rings is 1. The highest BCUT2D eigenvalue weighted by Gasteiger charge is 2.40. The molecule has 0 radical (unpaired) electrons. The minimum absolute atomic E-state index is 0.190. The normalized spacial score (nSPS) is 18.7. The van der Waals surface area contributed by atoms with E-state index in [1.165, 1.54) is 0 Å². The molecule has 1 fully saturated rings. The summed E-state index contributed by atoms with van der Waals surface area (Å²) in [6.45, 7) is 1.63. The molecule has 0 unspecified atom stereocenters. The lowest BCUT2D eigenvalue weighted by Crippen LogP contribution is -2.38. The number of hydrogen-bond acceptors (Lipinski definition) is 2. The van der Waals surface area contributed by atoms with Crippen molar-refractivity contribution in [2.75, 3.05) is 18.8 Å². The fraction of sp³-hybridized carbons (Fsp3) is 0.538. The van der Waals surface area contributed by atoms with Crippen molar-refractivity contribution in [3.05, 3.63) is 28.2 Å². The lowest BCUT2D eigenvalue weighted by atomic mass is 9.96. The third kappa shape index (κ3) is 3.86. The van der Waals surface area contributed by atoms with Crippen LogP contribution in [0.15, 0.2) is 22.7 Å². The molecule has 0 bridgehead atoms. The Kier molecular flexibility index (Phi) is 4.40. The van der Waals surface area contributed by atoms with Gasteiger partial charge >= 0.3 is 6.18 Å². The molecule has 0 atom stereocenters. The molecule has 19 heavy (non-hydrogen) atoms. The first-order valence-electron chi connectivity index (χ1n) is 6.19. The largest absolute Gasteiger partial charge is 0.398 e. The summed E-state index contributed by atoms with van der Waals surface area (Å²) in [5, 5.41) is 0. The average Bonchev–Trinajstić information content (AvgIpc) is 2.33. The molecule has 1 heterocycles. The molecule has 2 nitrogen and oxygen atoms in total. The Morgan fingerprint density at radius 3 is 2.42 bits per heavy atom. The van der Waals surface area contributed by atoms with E-state index in [-0.39, 0.29) is 12.8 Å². The van der Waals surface area contributed by atoms with Crippen LogP contribution in [-0.2, 0) is 6.54 Å². The van der Waals surface area contributed by atoms with Gasteiger partial charge in [0.2, 0.25) is 0 Å². The fourth-order valence-corrected chi connectivity index (χ4v) is 2.61. The van der Waals surface area contributed by atoms with Gasteiger partial charge in [0.15, 0.2) is 0 Å². The van der Waals surface area contributed by atoms with E-state index in [0.29, 0.717) is 25.3 Å². The standard InChI is InChI=1S/C13H16BrF3N2/c14-11-2-1-9(7-12(11)18)8-19-5-3-10(4-6-19)13(15,16)17/h1-2,7,10H,3-6,8,18H2. The molecule has 0 aromatic heterocycles. The molecule has 0 saturated carbocycles. The molecule has 0 aliphatic carbocycles. The summed E-state index contributed by atoms with van der Waals surface area (Å²) in [6.07, 6.45) is -3.67. The molecule has 0 amide bonds. The van der Waals surface area contributed by atoms with Crippen molar-refractivity contribution < 1.29 is 13.2 Å². The third-order valence-corrected chi connectivity index (χ3v) is 4.24. The number of likely N-dealkylation sites (tertiary alicyclic amines) is 1. The van der Waals surface area contributed by atoms with Crippen LogP contribution in [-0.4, -0.2) is 24.2 Å². The van der Waals surface area contributed by atoms with E-state index in [2.05, 4.69) is 15.9 Å². The van der Waals surface area contributed by atoms with Crippen molar-refractivity contribution in [2.45, 2.75) is 25.6 Å². The summed E-state index contributed by atoms with van der Waals surface area (Å²) < 4.78 is 38.5. The van der Waals surface area contributed by atoms with E-state index >= 15 is 0 Å². The van der Waals surface area contributed by atoms with Gasteiger partial charge < -0.3 is 5.73 Å². The summed E-state index contributed by atoms with van der Waals surface area (Å²) >= 11 is 3.32. The monoisotopic (exact) mass is 336 g/mol. The zero-order valence-electron chi connectivity index (χ0n) is 10.4. The van der Waals surface area contributed by atoms with Crippen LogP contribution in [0.3, 0.4) is 0 Å². The first-order valence-corrected chi connectivity index (χ1v) is 6.98. The molecule has 1 saturated heterocycles. The van der Waals surface area contributed by atoms with Gasteiger partial charge in [-0.3, -0.25) is 4.90 Å². The van der Waals surface area contributed by atoms with Gasteiger partial charge in [-0.05, 0) is 59.6 Å². The summed E-state index contributed by atoms with van der Waals surface area (Å²) in [4.78, 5) is 2.05. The fourth-order valence-electron chi connectivity index (χ4n) is 2.37. The lowest BCUT2D eigenvalue weighted by Gasteiger charge is -2.32. The zero-order valence-corrected chi connectivity index (χ0v) is 12.0. The van der Waals surface area contributed by atoms with E-state index in [9.17, 15) is 13.2 Å². The number of benzene rings is 1. The highest BCUT2D eigenvalue weighted by molar-refractivity contribution is 9.10. The van der Waals surface area contributed by atoms with Crippen LogP contribution in [0.4, 0.5) is 18.9 Å².